The lowest BCUT2D eigenvalue weighted by Gasteiger charge is -2.43. The molecule has 384 valence electrons. The van der Waals surface area contributed by atoms with E-state index in [0.717, 1.165) is 87.2 Å². The van der Waals surface area contributed by atoms with Gasteiger partial charge in [0.2, 0.25) is 0 Å². The maximum absolute atomic E-state index is 10.5. The number of aromatic hydroxyl groups is 2. The molecule has 9 heteroatoms. The van der Waals surface area contributed by atoms with Crippen LogP contribution in [0, 0.1) is 0 Å². The minimum atomic E-state index is -1.85. The molecule has 4 N–H and O–H groups in total. The molecule has 0 spiro atoms. The molecule has 0 aliphatic heterocycles. The van der Waals surface area contributed by atoms with Gasteiger partial charge >= 0.3 is 0 Å². The van der Waals surface area contributed by atoms with Gasteiger partial charge in [-0.25, -0.2) is 0 Å². The molecule has 0 radical (unpaired) electrons. The first-order chi connectivity index (χ1) is 32.2. The lowest BCUT2D eigenvalue weighted by molar-refractivity contribution is 0.393. The molecule has 7 nitrogen and oxygen atoms in total. The first-order valence-electron chi connectivity index (χ1n) is 27.5. The third kappa shape index (κ3) is 28.9. The molecule has 0 aliphatic carbocycles. The third-order valence-electron chi connectivity index (χ3n) is 14.0. The zero-order valence-corrected chi connectivity index (χ0v) is 47.3. The summed E-state index contributed by atoms with van der Waals surface area (Å²) in [6, 6.07) is 12.5. The van der Waals surface area contributed by atoms with Crippen LogP contribution in [0.4, 0.5) is 0 Å². The molecule has 2 aromatic rings. The van der Waals surface area contributed by atoms with Crippen molar-refractivity contribution < 1.29 is 14.3 Å². The topological polar surface area (TPSA) is 80.2 Å². The molecule has 2 rings (SSSR count). The van der Waals surface area contributed by atoms with Crippen LogP contribution in [0.5, 0.6) is 11.5 Å². The van der Waals surface area contributed by atoms with Crippen LogP contribution in [-0.4, -0.2) is 91.0 Å². The molecule has 0 bridgehead atoms. The first-order valence-corrected chi connectivity index (χ1v) is 33.5. The third-order valence-corrected chi connectivity index (χ3v) is 23.3. The monoisotopic (exact) mass is 963 g/mol. The van der Waals surface area contributed by atoms with E-state index in [9.17, 15) is 10.2 Å². The lowest BCUT2D eigenvalue weighted by Crippen LogP contribution is -2.50. The second-order valence-electron chi connectivity index (χ2n) is 21.6. The van der Waals surface area contributed by atoms with Crippen molar-refractivity contribution in [2.75, 3.05) is 54.4 Å². The Morgan fingerprint density at radius 1 is 0.507 bits per heavy atom. The Hall–Kier alpha value is -2.25. The van der Waals surface area contributed by atoms with E-state index in [-0.39, 0.29) is 0 Å². The van der Waals surface area contributed by atoms with Crippen LogP contribution in [0.2, 0.25) is 37.3 Å². The molecule has 0 saturated heterocycles. The summed E-state index contributed by atoms with van der Waals surface area (Å²) >= 11 is 0. The second-order valence-corrected chi connectivity index (χ2v) is 30.4. The van der Waals surface area contributed by atoms with Crippen LogP contribution in [0.3, 0.4) is 0 Å². The quantitative estimate of drug-likeness (QED) is 0.0300. The molecule has 0 amide bonds. The Bertz CT molecular complexity index is 1480. The van der Waals surface area contributed by atoms with Gasteiger partial charge in [0.15, 0.2) is 16.6 Å². The number of unbranched alkanes of at least 4 members (excludes halogenated alkanes) is 10. The van der Waals surface area contributed by atoms with E-state index in [1.165, 1.54) is 140 Å². The zero-order valence-electron chi connectivity index (χ0n) is 45.3. The van der Waals surface area contributed by atoms with Gasteiger partial charge in [-0.05, 0) is 205 Å². The highest BCUT2D eigenvalue weighted by atomic mass is 28.4. The standard InChI is InChI=1S/C58H106N4O3Si2/c1-11-33-55(37-29-25-21-17-13-15-19-23-27-35-51-39-41-53(57(63)47-51)49-59-43-31-45-61(3)4)66(7,8)65-67(9,10)56(34-12-2)38-30-26-22-18-14-16-20-24-28-36-52-40-42-54(58(64)48-52)50-60-44-32-46-62(5)6/h21-22,25-26,39-42,47-48,55-56,59-60,63-64H,11-20,23-24,27-38,43-46,49-50H2,1-10H3/b25-21-,26-22-. The van der Waals surface area contributed by atoms with Gasteiger partial charge in [0.05, 0.1) is 0 Å². The van der Waals surface area contributed by atoms with Gasteiger partial charge in [-0.1, -0.05) is 127 Å². The highest BCUT2D eigenvalue weighted by Crippen LogP contribution is 2.40. The van der Waals surface area contributed by atoms with Gasteiger partial charge < -0.3 is 34.8 Å². The summed E-state index contributed by atoms with van der Waals surface area (Å²) in [6.07, 6.45) is 39.2. The fraction of sp³-hybridized carbons (Fsp3) is 0.724. The van der Waals surface area contributed by atoms with Gasteiger partial charge in [0.25, 0.3) is 0 Å². The first kappa shape index (κ1) is 60.9. The summed E-state index contributed by atoms with van der Waals surface area (Å²) in [4.78, 5) is 4.41. The van der Waals surface area contributed by atoms with Gasteiger partial charge in [0.1, 0.15) is 11.5 Å². The van der Waals surface area contributed by atoms with E-state index in [1.54, 1.807) is 0 Å². The fourth-order valence-electron chi connectivity index (χ4n) is 9.85. The predicted octanol–water partition coefficient (Wildman–Crippen LogP) is 15.1. The van der Waals surface area contributed by atoms with Crippen LogP contribution in [0.25, 0.3) is 0 Å². The molecule has 2 aromatic carbocycles. The van der Waals surface area contributed by atoms with E-state index in [0.29, 0.717) is 11.5 Å². The van der Waals surface area contributed by atoms with Gasteiger partial charge in [0, 0.05) is 24.2 Å². The van der Waals surface area contributed by atoms with Crippen LogP contribution in [-0.2, 0) is 30.0 Å². The fourth-order valence-corrected chi connectivity index (χ4v) is 20.3. The van der Waals surface area contributed by atoms with E-state index < -0.39 is 16.6 Å². The van der Waals surface area contributed by atoms with Crippen molar-refractivity contribution in [2.24, 2.45) is 0 Å². The van der Waals surface area contributed by atoms with Crippen molar-refractivity contribution in [1.29, 1.82) is 0 Å². The van der Waals surface area contributed by atoms with E-state index in [1.807, 2.05) is 12.1 Å². The van der Waals surface area contributed by atoms with Gasteiger partial charge in [-0.3, -0.25) is 0 Å². The van der Waals surface area contributed by atoms with E-state index >= 15 is 0 Å². The van der Waals surface area contributed by atoms with Crippen molar-refractivity contribution in [3.63, 3.8) is 0 Å². The number of hydrogen-bond acceptors (Lipinski definition) is 7. The number of nitrogens with one attached hydrogen (secondary N) is 2. The highest BCUT2D eigenvalue weighted by Gasteiger charge is 2.42. The Balaban J connectivity index is 1.61. The summed E-state index contributed by atoms with van der Waals surface area (Å²) in [5.74, 6) is 0.865. The maximum Gasteiger partial charge on any atom is 0.176 e. The molecule has 67 heavy (non-hydrogen) atoms. The number of nitrogens with zero attached hydrogens (tertiary/aromatic N) is 2. The number of hydrogen-bond donors (Lipinski definition) is 4. The minimum absolute atomic E-state index is 0.433. The maximum atomic E-state index is 10.5. The van der Waals surface area contributed by atoms with Crippen LogP contribution in [0.1, 0.15) is 177 Å². The summed E-state index contributed by atoms with van der Waals surface area (Å²) < 4.78 is 7.47. The van der Waals surface area contributed by atoms with Crippen LogP contribution in [0.15, 0.2) is 60.7 Å². The largest absolute Gasteiger partial charge is 0.508 e. The molecule has 0 aromatic heterocycles. The Kier molecular flexibility index (Phi) is 33.3. The number of rotatable bonds is 42. The molecule has 2 atom stereocenters. The second kappa shape index (κ2) is 36.7. The Labute approximate surface area is 416 Å². The normalized spacial score (nSPS) is 13.6. The van der Waals surface area contributed by atoms with Crippen molar-refractivity contribution in [2.45, 2.75) is 218 Å². The Morgan fingerprint density at radius 2 is 0.881 bits per heavy atom. The van der Waals surface area contributed by atoms with Crippen LogP contribution >= 0.6 is 0 Å². The van der Waals surface area contributed by atoms with Gasteiger partial charge in [-0.2, -0.15) is 0 Å². The van der Waals surface area contributed by atoms with Gasteiger partial charge in [-0.15, -0.1) is 0 Å². The average molecular weight is 964 g/mol. The number of phenolic OH excluding ortho intramolecular Hbond substituents is 2. The molecule has 0 aliphatic rings. The molecule has 2 unspecified atom stereocenters. The summed E-state index contributed by atoms with van der Waals surface area (Å²) in [6.45, 7) is 20.4. The molecule has 0 fully saturated rings. The lowest BCUT2D eigenvalue weighted by atomic mass is 10.0. The zero-order chi connectivity index (χ0) is 49.2. The summed E-state index contributed by atoms with van der Waals surface area (Å²) in [5, 5.41) is 28.0. The SMILES string of the molecule is CCCC(CC/C=C\CCCCCCCc1ccc(CNCCCN(C)C)c(O)c1)[Si](C)(C)O[Si](C)(C)C(CCC)CC/C=C\CCCCCCCc1ccc(CNCCCN(C)C)c(O)c1. The van der Waals surface area contributed by atoms with E-state index in [4.69, 9.17) is 4.12 Å². The minimum Gasteiger partial charge on any atom is -0.508 e. The number of phenols is 2. The van der Waals surface area contributed by atoms with Crippen molar-refractivity contribution in [3.05, 3.63) is 83.0 Å². The smallest absolute Gasteiger partial charge is 0.176 e. The number of allylic oxidation sites excluding steroid dienone is 4. The Morgan fingerprint density at radius 3 is 1.25 bits per heavy atom. The number of benzene rings is 2. The molecular weight excluding hydrogens is 857 g/mol. The van der Waals surface area contributed by atoms with Crippen molar-refractivity contribution in [3.8, 4) is 11.5 Å². The molecular formula is C58H106N4O3Si2. The molecule has 0 saturated carbocycles. The number of aryl methyl sites for hydroxylation is 2. The van der Waals surface area contributed by atoms with Crippen molar-refractivity contribution >= 4 is 16.6 Å². The predicted molar refractivity (Wildman–Crippen MR) is 299 cm³/mol. The summed E-state index contributed by atoms with van der Waals surface area (Å²) in [7, 11) is 4.71. The molecule has 0 heterocycles. The van der Waals surface area contributed by atoms with Crippen LogP contribution < -0.4 is 10.6 Å². The average Bonchev–Trinajstić information content (AvgIpc) is 3.27. The van der Waals surface area contributed by atoms with Crippen molar-refractivity contribution in [1.82, 2.24) is 20.4 Å². The summed E-state index contributed by atoms with van der Waals surface area (Å²) in [5.41, 5.74) is 5.94. The van der Waals surface area contributed by atoms with E-state index in [2.05, 4.69) is 137 Å². The highest BCUT2D eigenvalue weighted by molar-refractivity contribution is 6.86.